The lowest BCUT2D eigenvalue weighted by Gasteiger charge is -2.28. The van der Waals surface area contributed by atoms with Crippen LogP contribution in [-0.4, -0.2) is 39.0 Å². The fourth-order valence-electron chi connectivity index (χ4n) is 2.35. The smallest absolute Gasteiger partial charge is 0.244 e. The SMILES string of the molecule is COCCN(C(C)C1CC1)S(=O)(=O)c1cc(Br)sc1C. The lowest BCUT2D eigenvalue weighted by Crippen LogP contribution is -2.41. The average Bonchev–Trinajstić information content (AvgIpc) is 3.15. The molecule has 1 saturated carbocycles. The zero-order valence-corrected chi connectivity index (χ0v) is 15.1. The number of halogens is 1. The second kappa shape index (κ2) is 6.44. The zero-order valence-electron chi connectivity index (χ0n) is 11.9. The third-order valence-corrected chi connectivity index (χ3v) is 7.50. The van der Waals surface area contributed by atoms with Crippen LogP contribution in [0.25, 0.3) is 0 Å². The third-order valence-electron chi connectivity index (χ3n) is 3.70. The van der Waals surface area contributed by atoms with E-state index in [4.69, 9.17) is 4.74 Å². The molecule has 2 rings (SSSR count). The third kappa shape index (κ3) is 3.44. The van der Waals surface area contributed by atoms with Gasteiger partial charge in [0.15, 0.2) is 0 Å². The zero-order chi connectivity index (χ0) is 14.9. The quantitative estimate of drug-likeness (QED) is 0.727. The summed E-state index contributed by atoms with van der Waals surface area (Å²) >= 11 is 4.82. The molecule has 1 unspecified atom stereocenters. The molecule has 0 bridgehead atoms. The number of ether oxygens (including phenoxy) is 1. The van der Waals surface area contributed by atoms with Crippen molar-refractivity contribution in [2.75, 3.05) is 20.3 Å². The van der Waals surface area contributed by atoms with Crippen molar-refractivity contribution in [2.45, 2.75) is 37.6 Å². The van der Waals surface area contributed by atoms with Gasteiger partial charge >= 0.3 is 0 Å². The van der Waals surface area contributed by atoms with Gasteiger partial charge in [0.1, 0.15) is 0 Å². The van der Waals surface area contributed by atoms with Gasteiger partial charge in [-0.05, 0) is 54.6 Å². The van der Waals surface area contributed by atoms with Crippen LogP contribution in [0.4, 0.5) is 0 Å². The minimum atomic E-state index is -3.45. The lowest BCUT2D eigenvalue weighted by atomic mass is 10.2. The van der Waals surface area contributed by atoms with Gasteiger partial charge in [0, 0.05) is 24.6 Å². The van der Waals surface area contributed by atoms with Crippen LogP contribution < -0.4 is 0 Å². The largest absolute Gasteiger partial charge is 0.383 e. The summed E-state index contributed by atoms with van der Waals surface area (Å²) < 4.78 is 33.3. The van der Waals surface area contributed by atoms with Gasteiger partial charge in [-0.1, -0.05) is 0 Å². The van der Waals surface area contributed by atoms with Gasteiger partial charge in [-0.25, -0.2) is 8.42 Å². The topological polar surface area (TPSA) is 46.6 Å². The lowest BCUT2D eigenvalue weighted by molar-refractivity contribution is 0.164. The van der Waals surface area contributed by atoms with Gasteiger partial charge in [0.25, 0.3) is 0 Å². The van der Waals surface area contributed by atoms with Crippen molar-refractivity contribution < 1.29 is 13.2 Å². The normalized spacial score (nSPS) is 17.6. The molecule has 20 heavy (non-hydrogen) atoms. The van der Waals surface area contributed by atoms with Crippen LogP contribution >= 0.6 is 27.3 Å². The summed E-state index contributed by atoms with van der Waals surface area (Å²) in [5.74, 6) is 0.490. The van der Waals surface area contributed by atoms with Crippen LogP contribution in [0.2, 0.25) is 0 Å². The monoisotopic (exact) mass is 381 g/mol. The number of methoxy groups -OCH3 is 1. The van der Waals surface area contributed by atoms with E-state index < -0.39 is 10.0 Å². The van der Waals surface area contributed by atoms with E-state index >= 15 is 0 Å². The second-order valence-corrected chi connectivity index (χ2v) is 9.65. The van der Waals surface area contributed by atoms with E-state index in [1.54, 1.807) is 17.5 Å². The average molecular weight is 382 g/mol. The van der Waals surface area contributed by atoms with E-state index in [-0.39, 0.29) is 6.04 Å². The molecule has 1 aliphatic rings. The summed E-state index contributed by atoms with van der Waals surface area (Å²) in [7, 11) is -1.86. The van der Waals surface area contributed by atoms with Crippen molar-refractivity contribution >= 4 is 37.3 Å². The number of aryl methyl sites for hydroxylation is 1. The molecule has 1 heterocycles. The Morgan fingerprint density at radius 1 is 1.55 bits per heavy atom. The van der Waals surface area contributed by atoms with Gasteiger partial charge < -0.3 is 4.74 Å². The maximum Gasteiger partial charge on any atom is 0.244 e. The Morgan fingerprint density at radius 2 is 2.20 bits per heavy atom. The first-order valence-corrected chi connectivity index (χ1v) is 9.69. The Bertz CT molecular complexity index is 566. The fraction of sp³-hybridized carbons (Fsp3) is 0.692. The first-order valence-electron chi connectivity index (χ1n) is 6.64. The van der Waals surface area contributed by atoms with Crippen LogP contribution in [0.5, 0.6) is 0 Å². The first-order chi connectivity index (χ1) is 9.37. The Morgan fingerprint density at radius 3 is 2.65 bits per heavy atom. The van der Waals surface area contributed by atoms with E-state index in [1.165, 1.54) is 11.3 Å². The molecular weight excluding hydrogens is 362 g/mol. The molecule has 0 aliphatic heterocycles. The van der Waals surface area contributed by atoms with E-state index in [2.05, 4.69) is 15.9 Å². The van der Waals surface area contributed by atoms with Gasteiger partial charge in [-0.15, -0.1) is 11.3 Å². The summed E-state index contributed by atoms with van der Waals surface area (Å²) in [5.41, 5.74) is 0. The standard InChI is InChI=1S/C13H20BrNO3S2/c1-9(11-4-5-11)15(6-7-18-3)20(16,17)12-8-13(14)19-10(12)2/h8-9,11H,4-7H2,1-3H3. The molecule has 0 spiro atoms. The van der Waals surface area contributed by atoms with Crippen LogP contribution in [-0.2, 0) is 14.8 Å². The van der Waals surface area contributed by atoms with Crippen molar-refractivity contribution in [3.63, 3.8) is 0 Å². The number of rotatable bonds is 7. The second-order valence-electron chi connectivity index (χ2n) is 5.16. The van der Waals surface area contributed by atoms with E-state index in [0.29, 0.717) is 24.0 Å². The molecule has 0 saturated heterocycles. The molecule has 114 valence electrons. The Labute approximate surface area is 133 Å². The minimum Gasteiger partial charge on any atom is -0.383 e. The summed E-state index contributed by atoms with van der Waals surface area (Å²) in [4.78, 5) is 1.24. The van der Waals surface area contributed by atoms with Crippen molar-refractivity contribution in [1.82, 2.24) is 4.31 Å². The summed E-state index contributed by atoms with van der Waals surface area (Å²) in [5, 5.41) is 0. The van der Waals surface area contributed by atoms with Crippen molar-refractivity contribution in [3.05, 3.63) is 14.7 Å². The van der Waals surface area contributed by atoms with Crippen molar-refractivity contribution in [2.24, 2.45) is 5.92 Å². The first kappa shape index (κ1) is 16.4. The molecule has 1 aliphatic carbocycles. The van der Waals surface area contributed by atoms with E-state index in [9.17, 15) is 8.42 Å². The highest BCUT2D eigenvalue weighted by atomic mass is 79.9. The predicted molar refractivity (Wildman–Crippen MR) is 84.7 cm³/mol. The van der Waals surface area contributed by atoms with Crippen LogP contribution in [0.1, 0.15) is 24.6 Å². The number of hydrogen-bond acceptors (Lipinski definition) is 4. The van der Waals surface area contributed by atoms with Crippen molar-refractivity contribution in [1.29, 1.82) is 0 Å². The molecule has 0 radical (unpaired) electrons. The van der Waals surface area contributed by atoms with E-state index in [0.717, 1.165) is 21.5 Å². The summed E-state index contributed by atoms with van der Waals surface area (Å²) in [6.45, 7) is 4.67. The highest BCUT2D eigenvalue weighted by Crippen LogP contribution is 2.38. The Kier molecular flexibility index (Phi) is 5.29. The van der Waals surface area contributed by atoms with Crippen LogP contribution in [0, 0.1) is 12.8 Å². The van der Waals surface area contributed by atoms with Gasteiger partial charge in [0.05, 0.1) is 15.3 Å². The predicted octanol–water partition coefficient (Wildman–Crippen LogP) is 3.25. The summed E-state index contributed by atoms with van der Waals surface area (Å²) in [6.07, 6.45) is 2.24. The molecule has 0 aromatic carbocycles. The van der Waals surface area contributed by atoms with Crippen molar-refractivity contribution in [3.8, 4) is 0 Å². The van der Waals surface area contributed by atoms with Crippen LogP contribution in [0.15, 0.2) is 14.7 Å². The molecule has 1 atom stereocenters. The van der Waals surface area contributed by atoms with Gasteiger partial charge in [0.2, 0.25) is 10.0 Å². The molecular formula is C13H20BrNO3S2. The highest BCUT2D eigenvalue weighted by Gasteiger charge is 2.38. The van der Waals surface area contributed by atoms with E-state index in [1.807, 2.05) is 13.8 Å². The molecule has 7 heteroatoms. The number of sulfonamides is 1. The molecule has 1 aromatic rings. The Hall–Kier alpha value is 0.0500. The Balaban J connectivity index is 2.32. The summed E-state index contributed by atoms with van der Waals surface area (Å²) in [6, 6.07) is 1.74. The van der Waals surface area contributed by atoms with Gasteiger partial charge in [-0.3, -0.25) is 0 Å². The van der Waals surface area contributed by atoms with Gasteiger partial charge in [-0.2, -0.15) is 4.31 Å². The fourth-order valence-corrected chi connectivity index (χ4v) is 6.41. The molecule has 4 nitrogen and oxygen atoms in total. The number of hydrogen-bond donors (Lipinski definition) is 0. The molecule has 0 N–H and O–H groups in total. The maximum atomic E-state index is 12.9. The number of thiophene rings is 1. The van der Waals surface area contributed by atoms with Crippen LogP contribution in [0.3, 0.4) is 0 Å². The minimum absolute atomic E-state index is 0.0354. The maximum absolute atomic E-state index is 12.9. The number of nitrogens with zero attached hydrogens (tertiary/aromatic N) is 1. The molecule has 1 fully saturated rings. The molecule has 0 amide bonds. The highest BCUT2D eigenvalue weighted by molar-refractivity contribution is 9.11. The molecule has 1 aromatic heterocycles.